The van der Waals surface area contributed by atoms with Crippen LogP contribution < -0.4 is 4.74 Å². The Bertz CT molecular complexity index is 350. The van der Waals surface area contributed by atoms with Gasteiger partial charge in [-0.05, 0) is 30.0 Å². The van der Waals surface area contributed by atoms with E-state index >= 15 is 0 Å². The first-order valence-corrected chi connectivity index (χ1v) is 7.27. The standard InChI is InChI=1S/C14H19BrO2/c1-16-13-4-2-3-12(9-13)14(10-15)17-8-7-11-5-6-11/h2-4,9,11,14H,5-8,10H2,1H3. The maximum Gasteiger partial charge on any atom is 0.119 e. The second-order valence-electron chi connectivity index (χ2n) is 4.52. The summed E-state index contributed by atoms with van der Waals surface area (Å²) >= 11 is 3.52. The molecular weight excluding hydrogens is 280 g/mol. The van der Waals surface area contributed by atoms with Crippen molar-refractivity contribution in [3.8, 4) is 5.75 Å². The van der Waals surface area contributed by atoms with Gasteiger partial charge in [0.2, 0.25) is 0 Å². The van der Waals surface area contributed by atoms with Crippen LogP contribution in [0.1, 0.15) is 30.9 Å². The van der Waals surface area contributed by atoms with Crippen molar-refractivity contribution in [2.45, 2.75) is 25.4 Å². The van der Waals surface area contributed by atoms with Crippen molar-refractivity contribution in [1.29, 1.82) is 0 Å². The van der Waals surface area contributed by atoms with Crippen molar-refractivity contribution in [1.82, 2.24) is 0 Å². The molecule has 3 heteroatoms. The van der Waals surface area contributed by atoms with Crippen LogP contribution in [0.2, 0.25) is 0 Å². The number of methoxy groups -OCH3 is 1. The molecule has 0 amide bonds. The molecule has 0 heterocycles. The Morgan fingerprint density at radius 2 is 2.24 bits per heavy atom. The van der Waals surface area contributed by atoms with Gasteiger partial charge in [-0.1, -0.05) is 40.9 Å². The van der Waals surface area contributed by atoms with Gasteiger partial charge in [-0.2, -0.15) is 0 Å². The maximum atomic E-state index is 5.93. The van der Waals surface area contributed by atoms with Crippen molar-refractivity contribution in [3.05, 3.63) is 29.8 Å². The lowest BCUT2D eigenvalue weighted by Crippen LogP contribution is -2.07. The van der Waals surface area contributed by atoms with Crippen LogP contribution in [0.5, 0.6) is 5.75 Å². The summed E-state index contributed by atoms with van der Waals surface area (Å²) < 4.78 is 11.2. The minimum absolute atomic E-state index is 0.129. The SMILES string of the molecule is COc1cccc(C(CBr)OCCC2CC2)c1. The largest absolute Gasteiger partial charge is 0.497 e. The Morgan fingerprint density at radius 3 is 2.88 bits per heavy atom. The number of benzene rings is 1. The number of alkyl halides is 1. The first-order chi connectivity index (χ1) is 8.33. The monoisotopic (exact) mass is 298 g/mol. The first-order valence-electron chi connectivity index (χ1n) is 6.15. The van der Waals surface area contributed by atoms with Crippen LogP contribution >= 0.6 is 15.9 Å². The molecule has 0 spiro atoms. The molecule has 0 radical (unpaired) electrons. The molecule has 0 bridgehead atoms. The minimum atomic E-state index is 0.129. The minimum Gasteiger partial charge on any atom is -0.497 e. The predicted octanol–water partition coefficient (Wildman–Crippen LogP) is 3.95. The Balaban J connectivity index is 1.89. The molecule has 2 rings (SSSR count). The van der Waals surface area contributed by atoms with Gasteiger partial charge < -0.3 is 9.47 Å². The molecule has 0 N–H and O–H groups in total. The van der Waals surface area contributed by atoms with Gasteiger partial charge in [-0.15, -0.1) is 0 Å². The van der Waals surface area contributed by atoms with Gasteiger partial charge in [0.1, 0.15) is 5.75 Å². The lowest BCUT2D eigenvalue weighted by atomic mass is 10.1. The molecule has 0 aliphatic heterocycles. The molecule has 0 aromatic heterocycles. The average Bonchev–Trinajstić information content (AvgIpc) is 3.19. The number of halogens is 1. The van der Waals surface area contributed by atoms with Crippen molar-refractivity contribution in [2.75, 3.05) is 19.0 Å². The number of hydrogen-bond acceptors (Lipinski definition) is 2. The topological polar surface area (TPSA) is 18.5 Å². The molecule has 17 heavy (non-hydrogen) atoms. The second-order valence-corrected chi connectivity index (χ2v) is 5.17. The highest BCUT2D eigenvalue weighted by Crippen LogP contribution is 2.33. The molecule has 94 valence electrons. The molecular formula is C14H19BrO2. The molecule has 2 nitrogen and oxygen atoms in total. The van der Waals surface area contributed by atoms with E-state index in [0.29, 0.717) is 0 Å². The molecule has 1 aliphatic carbocycles. The predicted molar refractivity (Wildman–Crippen MR) is 72.8 cm³/mol. The lowest BCUT2D eigenvalue weighted by Gasteiger charge is -2.16. The van der Waals surface area contributed by atoms with E-state index in [4.69, 9.17) is 9.47 Å². The smallest absolute Gasteiger partial charge is 0.119 e. The highest BCUT2D eigenvalue weighted by molar-refractivity contribution is 9.09. The third kappa shape index (κ3) is 4.00. The maximum absolute atomic E-state index is 5.93. The molecule has 1 atom stereocenters. The van der Waals surface area contributed by atoms with E-state index in [0.717, 1.165) is 23.6 Å². The lowest BCUT2D eigenvalue weighted by molar-refractivity contribution is 0.0653. The van der Waals surface area contributed by atoms with Gasteiger partial charge in [0, 0.05) is 11.9 Å². The fraction of sp³-hybridized carbons (Fsp3) is 0.571. The summed E-state index contributed by atoms with van der Waals surface area (Å²) in [5, 5.41) is 0.824. The van der Waals surface area contributed by atoms with Crippen LogP contribution in [0.3, 0.4) is 0 Å². The zero-order valence-corrected chi connectivity index (χ0v) is 11.8. The summed E-state index contributed by atoms with van der Waals surface area (Å²) in [6.45, 7) is 0.859. The second kappa shape index (κ2) is 6.41. The molecule has 1 saturated carbocycles. The molecule has 0 saturated heterocycles. The van der Waals surface area contributed by atoms with E-state index < -0.39 is 0 Å². The molecule has 1 aromatic carbocycles. The molecule has 1 aromatic rings. The van der Waals surface area contributed by atoms with E-state index in [9.17, 15) is 0 Å². The average molecular weight is 299 g/mol. The molecule has 1 aliphatic rings. The van der Waals surface area contributed by atoms with Crippen LogP contribution in [-0.4, -0.2) is 19.0 Å². The van der Waals surface area contributed by atoms with E-state index in [1.165, 1.54) is 24.8 Å². The van der Waals surface area contributed by atoms with Crippen LogP contribution in [-0.2, 0) is 4.74 Å². The fourth-order valence-corrected chi connectivity index (χ4v) is 2.42. The summed E-state index contributed by atoms with van der Waals surface area (Å²) in [5.74, 6) is 1.82. The van der Waals surface area contributed by atoms with E-state index in [1.807, 2.05) is 18.2 Å². The summed E-state index contributed by atoms with van der Waals surface area (Å²) in [6.07, 6.45) is 4.11. The Labute approximate surface area is 111 Å². The quantitative estimate of drug-likeness (QED) is 0.710. The van der Waals surface area contributed by atoms with E-state index in [2.05, 4.69) is 22.0 Å². The van der Waals surface area contributed by atoms with Gasteiger partial charge in [0.15, 0.2) is 0 Å². The third-order valence-electron chi connectivity index (χ3n) is 3.15. The van der Waals surface area contributed by atoms with E-state index in [-0.39, 0.29) is 6.10 Å². The Kier molecular flexibility index (Phi) is 4.86. The van der Waals surface area contributed by atoms with Crippen LogP contribution in [0, 0.1) is 5.92 Å². The fourth-order valence-electron chi connectivity index (χ4n) is 1.86. The summed E-state index contributed by atoms with van der Waals surface area (Å²) in [4.78, 5) is 0. The zero-order valence-electron chi connectivity index (χ0n) is 10.2. The van der Waals surface area contributed by atoms with E-state index in [1.54, 1.807) is 7.11 Å². The van der Waals surface area contributed by atoms with Gasteiger partial charge in [0.25, 0.3) is 0 Å². The normalized spacial score (nSPS) is 16.8. The van der Waals surface area contributed by atoms with Crippen LogP contribution in [0.15, 0.2) is 24.3 Å². The Hall–Kier alpha value is -0.540. The van der Waals surface area contributed by atoms with Crippen LogP contribution in [0.4, 0.5) is 0 Å². The molecule has 1 unspecified atom stereocenters. The van der Waals surface area contributed by atoms with Crippen molar-refractivity contribution in [3.63, 3.8) is 0 Å². The number of ether oxygens (including phenoxy) is 2. The number of rotatable bonds is 7. The first kappa shape index (κ1) is 12.9. The van der Waals surface area contributed by atoms with Gasteiger partial charge in [-0.3, -0.25) is 0 Å². The van der Waals surface area contributed by atoms with Gasteiger partial charge >= 0.3 is 0 Å². The molecule has 1 fully saturated rings. The summed E-state index contributed by atoms with van der Waals surface area (Å²) in [7, 11) is 1.69. The highest BCUT2D eigenvalue weighted by Gasteiger charge is 2.21. The third-order valence-corrected chi connectivity index (χ3v) is 3.74. The van der Waals surface area contributed by atoms with Crippen molar-refractivity contribution < 1.29 is 9.47 Å². The van der Waals surface area contributed by atoms with Gasteiger partial charge in [0.05, 0.1) is 13.2 Å². The Morgan fingerprint density at radius 1 is 1.41 bits per heavy atom. The van der Waals surface area contributed by atoms with Crippen LogP contribution in [0.25, 0.3) is 0 Å². The highest BCUT2D eigenvalue weighted by atomic mass is 79.9. The summed E-state index contributed by atoms with van der Waals surface area (Å²) in [5.41, 5.74) is 1.18. The summed E-state index contributed by atoms with van der Waals surface area (Å²) in [6, 6.07) is 8.10. The van der Waals surface area contributed by atoms with Gasteiger partial charge in [-0.25, -0.2) is 0 Å². The zero-order chi connectivity index (χ0) is 12.1. The van der Waals surface area contributed by atoms with Crippen molar-refractivity contribution in [2.24, 2.45) is 5.92 Å². The number of hydrogen-bond donors (Lipinski definition) is 0. The van der Waals surface area contributed by atoms with Crippen molar-refractivity contribution >= 4 is 15.9 Å².